The lowest BCUT2D eigenvalue weighted by molar-refractivity contribution is -0.144. The third-order valence-corrected chi connectivity index (χ3v) is 4.82. The molecular formula is C16H26N4O8S. The summed E-state index contributed by atoms with van der Waals surface area (Å²) in [5.41, 5.74) is 5.67. The number of carbonyl (C=O) groups is 5. The fourth-order valence-electron chi connectivity index (χ4n) is 2.85. The monoisotopic (exact) mass is 434 g/mol. The number of likely N-dealkylation sites (tertiary alicyclic amines) is 1. The third-order valence-electron chi connectivity index (χ3n) is 4.43. The second-order valence-corrected chi connectivity index (χ2v) is 6.92. The molecule has 12 nitrogen and oxygen atoms in total. The van der Waals surface area contributed by atoms with E-state index in [0.29, 0.717) is 19.4 Å². The average Bonchev–Trinajstić information content (AvgIpc) is 3.17. The van der Waals surface area contributed by atoms with Crippen LogP contribution in [0.2, 0.25) is 0 Å². The predicted octanol–water partition coefficient (Wildman–Crippen LogP) is -2.85. The van der Waals surface area contributed by atoms with Crippen LogP contribution in [0.4, 0.5) is 0 Å². The zero-order valence-electron chi connectivity index (χ0n) is 15.6. The number of aliphatic hydroxyl groups excluding tert-OH is 1. The summed E-state index contributed by atoms with van der Waals surface area (Å²) < 4.78 is 0. The van der Waals surface area contributed by atoms with E-state index in [1.165, 1.54) is 4.90 Å². The van der Waals surface area contributed by atoms with E-state index in [1.807, 2.05) is 0 Å². The largest absolute Gasteiger partial charge is 0.481 e. The molecule has 7 N–H and O–H groups in total. The molecule has 13 heteroatoms. The summed E-state index contributed by atoms with van der Waals surface area (Å²) in [6.45, 7) is -0.510. The molecule has 1 saturated heterocycles. The number of amides is 3. The first-order valence-corrected chi connectivity index (χ1v) is 9.58. The van der Waals surface area contributed by atoms with Crippen molar-refractivity contribution >= 4 is 42.3 Å². The molecule has 1 heterocycles. The van der Waals surface area contributed by atoms with Crippen LogP contribution in [0.3, 0.4) is 0 Å². The molecule has 1 aliphatic rings. The van der Waals surface area contributed by atoms with Gasteiger partial charge in [-0.05, 0) is 19.3 Å². The summed E-state index contributed by atoms with van der Waals surface area (Å²) in [6.07, 6.45) is 0.0370. The van der Waals surface area contributed by atoms with Crippen molar-refractivity contribution in [3.05, 3.63) is 0 Å². The Labute approximate surface area is 172 Å². The average molecular weight is 434 g/mol. The standard InChI is InChI=1S/C16H26N4O8S/c17-8(7-29)15(26)20-5-1-2-11(20)14(25)19-10(6-21)13(24)18-9(16(27)28)3-4-12(22)23/h8-11,21,29H,1-7,17H2,(H,18,24)(H,19,25)(H,22,23)(H,27,28). The zero-order chi connectivity index (χ0) is 22.1. The smallest absolute Gasteiger partial charge is 0.326 e. The summed E-state index contributed by atoms with van der Waals surface area (Å²) >= 11 is 3.96. The Balaban J connectivity index is 2.76. The minimum absolute atomic E-state index is 0.0955. The number of aliphatic hydroxyl groups is 1. The van der Waals surface area contributed by atoms with Gasteiger partial charge in [-0.15, -0.1) is 0 Å². The van der Waals surface area contributed by atoms with Crippen LogP contribution in [0, 0.1) is 0 Å². The van der Waals surface area contributed by atoms with Crippen LogP contribution >= 0.6 is 12.6 Å². The minimum Gasteiger partial charge on any atom is -0.481 e. The number of nitrogens with one attached hydrogen (secondary N) is 2. The second kappa shape index (κ2) is 11.6. The van der Waals surface area contributed by atoms with Gasteiger partial charge in [0.05, 0.1) is 12.6 Å². The summed E-state index contributed by atoms with van der Waals surface area (Å²) in [5.74, 6) is -4.71. The first kappa shape index (κ1) is 24.7. The minimum atomic E-state index is -1.50. The molecule has 0 saturated carbocycles. The molecule has 4 unspecified atom stereocenters. The molecule has 0 bridgehead atoms. The lowest BCUT2D eigenvalue weighted by atomic mass is 10.1. The van der Waals surface area contributed by atoms with E-state index in [9.17, 15) is 29.1 Å². The van der Waals surface area contributed by atoms with Crippen molar-refractivity contribution in [1.82, 2.24) is 15.5 Å². The number of thiol groups is 1. The highest BCUT2D eigenvalue weighted by Gasteiger charge is 2.37. The Morgan fingerprint density at radius 3 is 2.31 bits per heavy atom. The molecule has 4 atom stereocenters. The highest BCUT2D eigenvalue weighted by atomic mass is 32.1. The first-order valence-electron chi connectivity index (χ1n) is 8.95. The van der Waals surface area contributed by atoms with E-state index in [2.05, 4.69) is 23.3 Å². The van der Waals surface area contributed by atoms with Gasteiger partial charge in [0.1, 0.15) is 18.1 Å². The number of carboxylic acids is 2. The molecule has 1 aliphatic heterocycles. The maximum atomic E-state index is 12.5. The van der Waals surface area contributed by atoms with E-state index in [-0.39, 0.29) is 12.2 Å². The molecule has 0 aromatic carbocycles. The van der Waals surface area contributed by atoms with Gasteiger partial charge in [-0.2, -0.15) is 12.6 Å². The van der Waals surface area contributed by atoms with Gasteiger partial charge in [0.25, 0.3) is 0 Å². The molecule has 0 radical (unpaired) electrons. The topological polar surface area (TPSA) is 199 Å². The predicted molar refractivity (Wildman–Crippen MR) is 102 cm³/mol. The molecule has 0 aromatic heterocycles. The lowest BCUT2D eigenvalue weighted by Gasteiger charge is -2.27. The van der Waals surface area contributed by atoms with Crippen molar-refractivity contribution in [2.45, 2.75) is 49.9 Å². The molecular weight excluding hydrogens is 408 g/mol. The first-order chi connectivity index (χ1) is 13.6. The number of carbonyl (C=O) groups excluding carboxylic acids is 3. The maximum absolute atomic E-state index is 12.5. The Morgan fingerprint density at radius 1 is 1.14 bits per heavy atom. The Kier molecular flexibility index (Phi) is 9.85. The van der Waals surface area contributed by atoms with Gasteiger partial charge in [-0.3, -0.25) is 19.2 Å². The number of nitrogens with zero attached hydrogens (tertiary/aromatic N) is 1. The van der Waals surface area contributed by atoms with Crippen LogP contribution in [0.15, 0.2) is 0 Å². The van der Waals surface area contributed by atoms with Crippen molar-refractivity contribution in [2.24, 2.45) is 5.73 Å². The zero-order valence-corrected chi connectivity index (χ0v) is 16.5. The fraction of sp³-hybridized carbons (Fsp3) is 0.688. The van der Waals surface area contributed by atoms with Crippen LogP contribution in [-0.2, 0) is 24.0 Å². The molecule has 1 fully saturated rings. The van der Waals surface area contributed by atoms with E-state index in [0.717, 1.165) is 0 Å². The van der Waals surface area contributed by atoms with Crippen molar-refractivity contribution in [3.63, 3.8) is 0 Å². The van der Waals surface area contributed by atoms with E-state index in [1.54, 1.807) is 0 Å². The van der Waals surface area contributed by atoms with E-state index in [4.69, 9.17) is 15.9 Å². The fourth-order valence-corrected chi connectivity index (χ4v) is 3.01. The Hall–Kier alpha value is -2.38. The lowest BCUT2D eigenvalue weighted by Crippen LogP contribution is -2.57. The normalized spacial score (nSPS) is 19.1. The van der Waals surface area contributed by atoms with Gasteiger partial charge in [-0.25, -0.2) is 4.79 Å². The Morgan fingerprint density at radius 2 is 1.79 bits per heavy atom. The van der Waals surface area contributed by atoms with Crippen LogP contribution in [0.5, 0.6) is 0 Å². The molecule has 0 aromatic rings. The number of aliphatic carboxylic acids is 2. The van der Waals surface area contributed by atoms with Gasteiger partial charge < -0.3 is 36.6 Å². The van der Waals surface area contributed by atoms with Crippen LogP contribution in [0.1, 0.15) is 25.7 Å². The van der Waals surface area contributed by atoms with Crippen molar-refractivity contribution in [3.8, 4) is 0 Å². The van der Waals surface area contributed by atoms with Gasteiger partial charge >= 0.3 is 11.9 Å². The second-order valence-electron chi connectivity index (χ2n) is 6.55. The van der Waals surface area contributed by atoms with E-state index < -0.39 is 66.9 Å². The third kappa shape index (κ3) is 7.18. The summed E-state index contributed by atoms with van der Waals surface area (Å²) in [5, 5.41) is 31.6. The highest BCUT2D eigenvalue weighted by molar-refractivity contribution is 7.80. The van der Waals surface area contributed by atoms with E-state index >= 15 is 0 Å². The number of rotatable bonds is 11. The van der Waals surface area contributed by atoms with Crippen LogP contribution in [-0.4, -0.2) is 93.0 Å². The van der Waals surface area contributed by atoms with Gasteiger partial charge in [0.15, 0.2) is 0 Å². The summed E-state index contributed by atoms with van der Waals surface area (Å²) in [7, 11) is 0. The van der Waals surface area contributed by atoms with Crippen molar-refractivity contribution < 1.29 is 39.3 Å². The van der Waals surface area contributed by atoms with Gasteiger partial charge in [-0.1, -0.05) is 0 Å². The molecule has 1 rings (SSSR count). The van der Waals surface area contributed by atoms with Gasteiger partial charge in [0.2, 0.25) is 17.7 Å². The van der Waals surface area contributed by atoms with Gasteiger partial charge in [0, 0.05) is 18.7 Å². The molecule has 164 valence electrons. The number of hydrogen-bond acceptors (Lipinski definition) is 8. The quantitative estimate of drug-likeness (QED) is 0.167. The summed E-state index contributed by atoms with van der Waals surface area (Å²) in [6, 6.07) is -4.72. The summed E-state index contributed by atoms with van der Waals surface area (Å²) in [4.78, 5) is 60.1. The highest BCUT2D eigenvalue weighted by Crippen LogP contribution is 2.18. The van der Waals surface area contributed by atoms with Crippen LogP contribution in [0.25, 0.3) is 0 Å². The Bertz CT molecular complexity index is 646. The molecule has 3 amide bonds. The molecule has 0 aliphatic carbocycles. The maximum Gasteiger partial charge on any atom is 0.326 e. The molecule has 0 spiro atoms. The molecule has 29 heavy (non-hydrogen) atoms. The number of nitrogens with two attached hydrogens (primary N) is 1. The SMILES string of the molecule is NC(CS)C(=O)N1CCCC1C(=O)NC(CO)C(=O)NC(CCC(=O)O)C(=O)O. The number of hydrogen-bond donors (Lipinski definition) is 7. The van der Waals surface area contributed by atoms with Crippen molar-refractivity contribution in [1.29, 1.82) is 0 Å². The van der Waals surface area contributed by atoms with Crippen molar-refractivity contribution in [2.75, 3.05) is 18.9 Å². The van der Waals surface area contributed by atoms with Crippen LogP contribution < -0.4 is 16.4 Å². The number of carboxylic acid groups (broad SMARTS) is 2.